The highest BCUT2D eigenvalue weighted by atomic mass is 32.2. The van der Waals surface area contributed by atoms with Crippen molar-refractivity contribution in [1.29, 1.82) is 0 Å². The Labute approximate surface area is 211 Å². The summed E-state index contributed by atoms with van der Waals surface area (Å²) < 4.78 is 37.7. The average Bonchev–Trinajstić information content (AvgIpc) is 3.22. The van der Waals surface area contributed by atoms with E-state index in [4.69, 9.17) is 9.47 Å². The van der Waals surface area contributed by atoms with Gasteiger partial charge < -0.3 is 14.6 Å². The normalized spacial score (nSPS) is 29.7. The third-order valence-corrected chi connectivity index (χ3v) is 10.5. The number of sulfone groups is 1. The molecule has 7 nitrogen and oxygen atoms in total. The van der Waals surface area contributed by atoms with Gasteiger partial charge in [-0.25, -0.2) is 8.42 Å². The zero-order valence-corrected chi connectivity index (χ0v) is 21.2. The van der Waals surface area contributed by atoms with Crippen molar-refractivity contribution in [3.05, 3.63) is 65.2 Å². The Morgan fingerprint density at radius 2 is 2.03 bits per heavy atom. The molecule has 0 amide bonds. The van der Waals surface area contributed by atoms with Crippen LogP contribution in [0, 0.1) is 0 Å². The lowest BCUT2D eigenvalue weighted by Gasteiger charge is -2.36. The van der Waals surface area contributed by atoms with Crippen LogP contribution >= 0.6 is 0 Å². The van der Waals surface area contributed by atoms with E-state index in [2.05, 4.69) is 17.0 Å². The van der Waals surface area contributed by atoms with Crippen LogP contribution in [0.15, 0.2) is 53.4 Å². The second-order valence-corrected chi connectivity index (χ2v) is 12.5. The molecule has 2 aromatic rings. The summed E-state index contributed by atoms with van der Waals surface area (Å²) in [6, 6.07) is 10.6. The van der Waals surface area contributed by atoms with Gasteiger partial charge in [0.05, 0.1) is 23.5 Å². The van der Waals surface area contributed by atoms with Crippen LogP contribution in [0.5, 0.6) is 11.5 Å². The van der Waals surface area contributed by atoms with Crippen LogP contribution in [0.4, 0.5) is 0 Å². The molecule has 0 bridgehead atoms. The molecule has 6 rings (SSSR count). The Balaban J connectivity index is 1.16. The van der Waals surface area contributed by atoms with Gasteiger partial charge in [0.25, 0.3) is 0 Å². The number of ketones is 1. The number of aliphatic hydroxyl groups excluding tert-OH is 1. The fourth-order valence-electron chi connectivity index (χ4n) is 6.52. The van der Waals surface area contributed by atoms with Gasteiger partial charge in [0.2, 0.25) is 0 Å². The van der Waals surface area contributed by atoms with Crippen molar-refractivity contribution in [2.24, 2.45) is 0 Å². The van der Waals surface area contributed by atoms with Crippen molar-refractivity contribution in [3.63, 3.8) is 0 Å². The van der Waals surface area contributed by atoms with Crippen LogP contribution in [0.25, 0.3) is 0 Å². The highest BCUT2D eigenvalue weighted by molar-refractivity contribution is 7.93. The maximum absolute atomic E-state index is 12.9. The molecule has 1 spiro atoms. The summed E-state index contributed by atoms with van der Waals surface area (Å²) in [5, 5.41) is 9.29. The number of carbonyl (C=O) groups is 1. The number of ether oxygens (including phenoxy) is 2. The fraction of sp³-hybridized carbons (Fsp3) is 0.464. The summed E-state index contributed by atoms with van der Waals surface area (Å²) in [4.78, 5) is 15.3. The first kappa shape index (κ1) is 23.7. The van der Waals surface area contributed by atoms with Crippen molar-refractivity contribution >= 4 is 15.6 Å². The lowest BCUT2D eigenvalue weighted by atomic mass is 9.69. The molecule has 1 N–H and O–H groups in total. The Morgan fingerprint density at radius 3 is 2.83 bits per heavy atom. The van der Waals surface area contributed by atoms with Gasteiger partial charge in [0.15, 0.2) is 27.1 Å². The number of Topliss-reactive ketones (excluding diaryl/α,β-unsaturated/α-hetero) is 1. The predicted octanol–water partition coefficient (Wildman–Crippen LogP) is 3.43. The number of fused-ring (bicyclic) bond motifs is 1. The van der Waals surface area contributed by atoms with E-state index < -0.39 is 21.2 Å². The predicted molar refractivity (Wildman–Crippen MR) is 134 cm³/mol. The lowest BCUT2D eigenvalue weighted by Crippen LogP contribution is -2.43. The number of hydrogen-bond acceptors (Lipinski definition) is 7. The molecule has 3 unspecified atom stereocenters. The molecule has 0 saturated carbocycles. The van der Waals surface area contributed by atoms with Crippen molar-refractivity contribution in [2.75, 3.05) is 20.2 Å². The molecule has 3 heterocycles. The van der Waals surface area contributed by atoms with Gasteiger partial charge in [-0.2, -0.15) is 0 Å². The van der Waals surface area contributed by atoms with Gasteiger partial charge in [0, 0.05) is 24.1 Å². The van der Waals surface area contributed by atoms with Gasteiger partial charge in [0.1, 0.15) is 11.4 Å². The van der Waals surface area contributed by atoms with E-state index in [0.717, 1.165) is 44.0 Å². The van der Waals surface area contributed by atoms with E-state index in [1.54, 1.807) is 25.3 Å². The minimum Gasteiger partial charge on any atom is -0.493 e. The number of unbranched alkanes of at least 4 members (excludes halogenated alkanes) is 1. The maximum atomic E-state index is 12.9. The first-order chi connectivity index (χ1) is 17.3. The number of hydrogen-bond donors (Lipinski definition) is 1. The van der Waals surface area contributed by atoms with E-state index in [1.807, 2.05) is 12.1 Å². The molecule has 0 fully saturated rings. The summed E-state index contributed by atoms with van der Waals surface area (Å²) in [5.41, 5.74) is 2.44. The summed E-state index contributed by atoms with van der Waals surface area (Å²) in [6.45, 7) is 2.46. The number of methoxy groups -OCH3 is 1. The number of carbonyl (C=O) groups excluding carboxylic acids is 1. The SMILES string of the molecule is COc1ccc2c3c1O[C@@H]1CC(O)C=CC31CCN(CCCCC1C(=O)c3ccccc3S1(=O)=O)C2. The smallest absolute Gasteiger partial charge is 0.189 e. The van der Waals surface area contributed by atoms with Crippen molar-refractivity contribution in [2.45, 2.75) is 66.4 Å². The number of benzene rings is 2. The third-order valence-electron chi connectivity index (χ3n) is 8.35. The first-order valence-corrected chi connectivity index (χ1v) is 14.2. The van der Waals surface area contributed by atoms with E-state index in [-0.39, 0.29) is 22.2 Å². The van der Waals surface area contributed by atoms with Crippen LogP contribution < -0.4 is 9.47 Å². The monoisotopic (exact) mass is 509 g/mol. The molecule has 4 aliphatic rings. The zero-order valence-electron chi connectivity index (χ0n) is 20.4. The number of rotatable bonds is 6. The topological polar surface area (TPSA) is 93.1 Å². The molecule has 36 heavy (non-hydrogen) atoms. The van der Waals surface area contributed by atoms with Gasteiger partial charge >= 0.3 is 0 Å². The van der Waals surface area contributed by atoms with Crippen LogP contribution in [-0.4, -0.2) is 61.9 Å². The maximum Gasteiger partial charge on any atom is 0.189 e. The highest BCUT2D eigenvalue weighted by Crippen LogP contribution is 2.55. The molecule has 3 aliphatic heterocycles. The second kappa shape index (κ2) is 8.71. The molecule has 2 aromatic carbocycles. The summed E-state index contributed by atoms with van der Waals surface area (Å²) in [7, 11) is -1.94. The Hall–Kier alpha value is -2.68. The van der Waals surface area contributed by atoms with Gasteiger partial charge in [-0.15, -0.1) is 0 Å². The van der Waals surface area contributed by atoms with Gasteiger partial charge in [-0.1, -0.05) is 42.8 Å². The molecule has 0 radical (unpaired) electrons. The quantitative estimate of drug-likeness (QED) is 0.471. The number of aliphatic hydroxyl groups is 1. The van der Waals surface area contributed by atoms with E-state index >= 15 is 0 Å². The Morgan fingerprint density at radius 1 is 1.19 bits per heavy atom. The molecule has 8 heteroatoms. The minimum atomic E-state index is -3.59. The summed E-state index contributed by atoms with van der Waals surface area (Å²) in [6.07, 6.45) is 6.66. The van der Waals surface area contributed by atoms with Crippen molar-refractivity contribution in [1.82, 2.24) is 4.90 Å². The molecule has 0 saturated heterocycles. The van der Waals surface area contributed by atoms with E-state index in [0.29, 0.717) is 24.8 Å². The Bertz CT molecular complexity index is 1350. The molecule has 190 valence electrons. The van der Waals surface area contributed by atoms with Crippen LogP contribution in [0.2, 0.25) is 0 Å². The van der Waals surface area contributed by atoms with Gasteiger partial charge in [-0.3, -0.25) is 9.69 Å². The average molecular weight is 510 g/mol. The molecule has 1 aliphatic carbocycles. The van der Waals surface area contributed by atoms with Gasteiger partial charge in [-0.05, 0) is 50.0 Å². The van der Waals surface area contributed by atoms with E-state index in [9.17, 15) is 18.3 Å². The molecule has 0 aromatic heterocycles. The van der Waals surface area contributed by atoms with E-state index in [1.165, 1.54) is 17.2 Å². The fourth-order valence-corrected chi connectivity index (χ4v) is 8.46. The van der Waals surface area contributed by atoms with Crippen LogP contribution in [-0.2, 0) is 21.8 Å². The third kappa shape index (κ3) is 3.53. The van der Waals surface area contributed by atoms with Crippen LogP contribution in [0.3, 0.4) is 0 Å². The zero-order chi connectivity index (χ0) is 25.1. The largest absolute Gasteiger partial charge is 0.493 e. The minimum absolute atomic E-state index is 0.122. The van der Waals surface area contributed by atoms with Crippen LogP contribution in [0.1, 0.15) is 53.6 Å². The van der Waals surface area contributed by atoms with Crippen molar-refractivity contribution < 1.29 is 27.8 Å². The molecule has 4 atom stereocenters. The first-order valence-electron chi connectivity index (χ1n) is 12.7. The summed E-state index contributed by atoms with van der Waals surface area (Å²) >= 11 is 0. The second-order valence-electron chi connectivity index (χ2n) is 10.4. The molecular formula is C28H31NO6S. The molecular weight excluding hydrogens is 478 g/mol. The summed E-state index contributed by atoms with van der Waals surface area (Å²) in [5.74, 6) is 1.25. The number of nitrogens with zero attached hydrogens (tertiary/aromatic N) is 1. The van der Waals surface area contributed by atoms with Crippen molar-refractivity contribution in [3.8, 4) is 11.5 Å². The standard InChI is InChI=1S/C28H31NO6S/c1-34-21-10-9-18-17-29(15-13-28-12-11-19(30)16-24(28)35-27(21)25(18)28)14-5-4-8-23-26(31)20-6-2-3-7-22(20)36(23,32)33/h2-3,6-7,9-12,19,23-24,30H,4-5,8,13-17H2,1H3/t19?,23?,24-,28?/m1/s1. The Kier molecular flexibility index (Phi) is 5.74. The lowest BCUT2D eigenvalue weighted by molar-refractivity contribution is 0.0809. The highest BCUT2D eigenvalue weighted by Gasteiger charge is 2.52.